The third kappa shape index (κ3) is 2.13. The van der Waals surface area contributed by atoms with Gasteiger partial charge in [-0.2, -0.15) is 0 Å². The van der Waals surface area contributed by atoms with Crippen molar-refractivity contribution >= 4 is 17.7 Å². The summed E-state index contributed by atoms with van der Waals surface area (Å²) < 4.78 is 0. The van der Waals surface area contributed by atoms with E-state index in [1.54, 1.807) is 23.1 Å². The predicted molar refractivity (Wildman–Crippen MR) is 75.2 cm³/mol. The molecule has 0 aliphatic carbocycles. The first kappa shape index (κ1) is 13.0. The molecule has 20 heavy (non-hydrogen) atoms. The molecule has 1 atom stereocenters. The molecule has 2 heterocycles. The summed E-state index contributed by atoms with van der Waals surface area (Å²) in [5.41, 5.74) is 2.10. The lowest BCUT2D eigenvalue weighted by Crippen LogP contribution is -2.41. The number of benzene rings is 1. The second-order valence-electron chi connectivity index (χ2n) is 5.67. The molecular formula is C15H18N2O3. The Hall–Kier alpha value is -2.04. The van der Waals surface area contributed by atoms with E-state index in [4.69, 9.17) is 5.11 Å². The Balaban J connectivity index is 1.82. The van der Waals surface area contributed by atoms with Gasteiger partial charge in [-0.15, -0.1) is 0 Å². The van der Waals surface area contributed by atoms with E-state index >= 15 is 0 Å². The van der Waals surface area contributed by atoms with Crippen LogP contribution in [0.1, 0.15) is 29.3 Å². The van der Waals surface area contributed by atoms with Crippen LogP contribution in [0, 0.1) is 5.92 Å². The Bertz CT molecular complexity index is 570. The lowest BCUT2D eigenvalue weighted by atomic mass is 10.1. The van der Waals surface area contributed by atoms with Crippen molar-refractivity contribution in [3.63, 3.8) is 0 Å². The molecule has 5 heteroatoms. The van der Waals surface area contributed by atoms with E-state index in [1.165, 1.54) is 0 Å². The number of carboxylic acid groups (broad SMARTS) is 1. The molecule has 2 aliphatic heterocycles. The number of hydrogen-bond donors (Lipinski definition) is 1. The molecular weight excluding hydrogens is 256 g/mol. The third-order valence-electron chi connectivity index (χ3n) is 4.15. The molecule has 1 N–H and O–H groups in total. The molecule has 2 aliphatic rings. The van der Waals surface area contributed by atoms with Crippen molar-refractivity contribution in [3.05, 3.63) is 29.3 Å². The number of aromatic carboxylic acids is 1. The van der Waals surface area contributed by atoms with Gasteiger partial charge in [0.15, 0.2) is 0 Å². The van der Waals surface area contributed by atoms with Crippen LogP contribution < -0.4 is 4.90 Å². The highest BCUT2D eigenvalue weighted by Crippen LogP contribution is 2.30. The highest BCUT2D eigenvalue weighted by atomic mass is 16.4. The molecule has 1 fully saturated rings. The monoisotopic (exact) mass is 274 g/mol. The lowest BCUT2D eigenvalue weighted by Gasteiger charge is -2.24. The summed E-state index contributed by atoms with van der Waals surface area (Å²) >= 11 is 0. The zero-order chi connectivity index (χ0) is 14.3. The standard InChI is InChI=1S/C15H18N2O3/c1-10-4-6-16(9-10)15(20)17-7-5-11-8-12(14(18)19)2-3-13(11)17/h2-3,8,10H,4-7,9H2,1H3,(H,18,19). The van der Waals surface area contributed by atoms with Crippen molar-refractivity contribution in [2.75, 3.05) is 24.5 Å². The minimum Gasteiger partial charge on any atom is -0.478 e. The number of fused-ring (bicyclic) bond motifs is 1. The smallest absolute Gasteiger partial charge is 0.335 e. The van der Waals surface area contributed by atoms with Crippen LogP contribution in [0.25, 0.3) is 0 Å². The fourth-order valence-electron chi connectivity index (χ4n) is 3.01. The van der Waals surface area contributed by atoms with Gasteiger partial charge in [-0.25, -0.2) is 9.59 Å². The second kappa shape index (κ2) is 4.81. The molecule has 0 radical (unpaired) electrons. The molecule has 1 aromatic rings. The average molecular weight is 274 g/mol. The van der Waals surface area contributed by atoms with Crippen LogP contribution in [0.5, 0.6) is 0 Å². The van der Waals surface area contributed by atoms with E-state index in [1.807, 2.05) is 4.90 Å². The summed E-state index contributed by atoms with van der Waals surface area (Å²) in [6.07, 6.45) is 1.79. The lowest BCUT2D eigenvalue weighted by molar-refractivity contribution is 0.0697. The Morgan fingerprint density at radius 1 is 1.30 bits per heavy atom. The minimum atomic E-state index is -0.925. The summed E-state index contributed by atoms with van der Waals surface area (Å²) in [5.74, 6) is -0.360. The molecule has 0 bridgehead atoms. The summed E-state index contributed by atoms with van der Waals surface area (Å²) in [5, 5.41) is 9.00. The van der Waals surface area contributed by atoms with Crippen LogP contribution in [0.2, 0.25) is 0 Å². The van der Waals surface area contributed by atoms with Crippen LogP contribution in [0.15, 0.2) is 18.2 Å². The maximum atomic E-state index is 12.5. The van der Waals surface area contributed by atoms with Gasteiger partial charge < -0.3 is 10.0 Å². The van der Waals surface area contributed by atoms with Crippen molar-refractivity contribution in [3.8, 4) is 0 Å². The first-order valence-corrected chi connectivity index (χ1v) is 6.99. The topological polar surface area (TPSA) is 60.9 Å². The van der Waals surface area contributed by atoms with Crippen LogP contribution in [0.3, 0.4) is 0 Å². The number of likely N-dealkylation sites (tertiary alicyclic amines) is 1. The van der Waals surface area contributed by atoms with Crippen LogP contribution >= 0.6 is 0 Å². The van der Waals surface area contributed by atoms with Crippen LogP contribution in [0.4, 0.5) is 10.5 Å². The van der Waals surface area contributed by atoms with Gasteiger partial charge in [0.2, 0.25) is 0 Å². The SMILES string of the molecule is CC1CCN(C(=O)N2CCc3cc(C(=O)O)ccc32)C1. The van der Waals surface area contributed by atoms with E-state index in [9.17, 15) is 9.59 Å². The first-order chi connectivity index (χ1) is 9.56. The molecule has 1 aromatic carbocycles. The van der Waals surface area contributed by atoms with E-state index in [0.29, 0.717) is 12.5 Å². The van der Waals surface area contributed by atoms with Gasteiger partial charge in [-0.1, -0.05) is 6.92 Å². The second-order valence-corrected chi connectivity index (χ2v) is 5.67. The quantitative estimate of drug-likeness (QED) is 0.854. The van der Waals surface area contributed by atoms with E-state index in [-0.39, 0.29) is 11.6 Å². The van der Waals surface area contributed by atoms with Crippen molar-refractivity contribution in [2.45, 2.75) is 19.8 Å². The Kier molecular flexibility index (Phi) is 3.12. The molecule has 2 amide bonds. The summed E-state index contributed by atoms with van der Waals surface area (Å²) in [7, 11) is 0. The highest BCUT2D eigenvalue weighted by molar-refractivity contribution is 5.96. The molecule has 0 spiro atoms. The van der Waals surface area contributed by atoms with Gasteiger partial charge >= 0.3 is 12.0 Å². The number of rotatable bonds is 1. The molecule has 0 aromatic heterocycles. The minimum absolute atomic E-state index is 0.0520. The number of hydrogen-bond acceptors (Lipinski definition) is 2. The van der Waals surface area contributed by atoms with Crippen molar-refractivity contribution in [1.82, 2.24) is 4.90 Å². The summed E-state index contributed by atoms with van der Waals surface area (Å²) in [4.78, 5) is 27.2. The van der Waals surface area contributed by atoms with E-state index in [2.05, 4.69) is 6.92 Å². The third-order valence-corrected chi connectivity index (χ3v) is 4.15. The van der Waals surface area contributed by atoms with Gasteiger partial charge in [-0.3, -0.25) is 4.90 Å². The number of carbonyl (C=O) groups excluding carboxylic acids is 1. The summed E-state index contributed by atoms with van der Waals surface area (Å²) in [6.45, 7) is 4.43. The fourth-order valence-corrected chi connectivity index (χ4v) is 3.01. The summed E-state index contributed by atoms with van der Waals surface area (Å²) in [6, 6.07) is 5.05. The van der Waals surface area contributed by atoms with E-state index < -0.39 is 5.97 Å². The molecule has 1 unspecified atom stereocenters. The average Bonchev–Trinajstić information content (AvgIpc) is 3.03. The first-order valence-electron chi connectivity index (χ1n) is 6.99. The molecule has 106 valence electrons. The van der Waals surface area contributed by atoms with Gasteiger partial charge in [0.05, 0.1) is 5.56 Å². The maximum Gasteiger partial charge on any atom is 0.335 e. The number of carboxylic acids is 1. The van der Waals surface area contributed by atoms with Crippen LogP contribution in [-0.2, 0) is 6.42 Å². The van der Waals surface area contributed by atoms with E-state index in [0.717, 1.165) is 37.2 Å². The van der Waals surface area contributed by atoms with Crippen molar-refractivity contribution in [1.29, 1.82) is 0 Å². The van der Waals surface area contributed by atoms with Gasteiger partial charge in [0.1, 0.15) is 0 Å². The van der Waals surface area contributed by atoms with Gasteiger partial charge in [0, 0.05) is 25.3 Å². The van der Waals surface area contributed by atoms with Crippen molar-refractivity contribution < 1.29 is 14.7 Å². The molecule has 1 saturated heterocycles. The molecule has 5 nitrogen and oxygen atoms in total. The molecule has 0 saturated carbocycles. The zero-order valence-corrected chi connectivity index (χ0v) is 11.5. The van der Waals surface area contributed by atoms with Crippen LogP contribution in [-0.4, -0.2) is 41.6 Å². The highest BCUT2D eigenvalue weighted by Gasteiger charge is 2.31. The van der Waals surface area contributed by atoms with Gasteiger partial charge in [-0.05, 0) is 42.5 Å². The number of carbonyl (C=O) groups is 2. The molecule has 3 rings (SSSR count). The zero-order valence-electron chi connectivity index (χ0n) is 11.5. The number of anilines is 1. The normalized spacial score (nSPS) is 21.1. The van der Waals surface area contributed by atoms with Crippen molar-refractivity contribution in [2.24, 2.45) is 5.92 Å². The Labute approximate surface area is 117 Å². The Morgan fingerprint density at radius 2 is 2.10 bits per heavy atom. The number of amides is 2. The van der Waals surface area contributed by atoms with Gasteiger partial charge in [0.25, 0.3) is 0 Å². The Morgan fingerprint density at radius 3 is 2.75 bits per heavy atom. The number of nitrogens with zero attached hydrogens (tertiary/aromatic N) is 2. The fraction of sp³-hybridized carbons (Fsp3) is 0.467. The maximum absolute atomic E-state index is 12.5. The number of urea groups is 1. The predicted octanol–water partition coefficient (Wildman–Crippen LogP) is 2.21. The largest absolute Gasteiger partial charge is 0.478 e.